The zero-order valence-electron chi connectivity index (χ0n) is 5.99. The first-order valence-electron chi connectivity index (χ1n) is 3.30. The zero-order valence-corrected chi connectivity index (χ0v) is 7.56. The molecule has 0 aromatic carbocycles. The van der Waals surface area contributed by atoms with Gasteiger partial charge in [0.05, 0.1) is 5.02 Å². The van der Waals surface area contributed by atoms with E-state index in [2.05, 4.69) is 16.2 Å². The molecule has 0 atom stereocenters. The lowest BCUT2D eigenvalue weighted by Gasteiger charge is -1.95. The van der Waals surface area contributed by atoms with Gasteiger partial charge in [-0.15, -0.1) is 11.3 Å². The van der Waals surface area contributed by atoms with Crippen LogP contribution in [-0.2, 0) is 0 Å². The fourth-order valence-electron chi connectivity index (χ4n) is 0.845. The maximum Gasteiger partial charge on any atom is 0.144 e. The predicted molar refractivity (Wildman–Crippen MR) is 49.2 cm³/mol. The highest BCUT2D eigenvalue weighted by molar-refractivity contribution is 7.13. The first kappa shape index (κ1) is 7.71. The molecular formula is C8H4ClN2S. The average molecular weight is 196 g/mol. The molecule has 59 valence electrons. The number of halogens is 1. The Morgan fingerprint density at radius 1 is 1.50 bits per heavy atom. The van der Waals surface area contributed by atoms with Crippen molar-refractivity contribution in [2.45, 2.75) is 0 Å². The number of hydrogen-bond acceptors (Lipinski definition) is 3. The minimum Gasteiger partial charge on any atom is -0.252 e. The van der Waals surface area contributed by atoms with E-state index >= 15 is 0 Å². The lowest BCUT2D eigenvalue weighted by atomic mass is 10.4. The molecule has 0 fully saturated rings. The van der Waals surface area contributed by atoms with Crippen molar-refractivity contribution in [3.05, 3.63) is 34.9 Å². The van der Waals surface area contributed by atoms with Crippen LogP contribution in [0.2, 0.25) is 5.02 Å². The Kier molecular flexibility index (Phi) is 2.06. The Balaban J connectivity index is 2.55. The number of thiazole rings is 1. The molecule has 2 heterocycles. The number of nitrogens with zero attached hydrogens (tertiary/aromatic N) is 2. The smallest absolute Gasteiger partial charge is 0.144 e. The van der Waals surface area contributed by atoms with Crippen molar-refractivity contribution >= 4 is 22.9 Å². The van der Waals surface area contributed by atoms with Gasteiger partial charge in [-0.2, -0.15) is 0 Å². The number of pyridine rings is 1. The topological polar surface area (TPSA) is 25.8 Å². The van der Waals surface area contributed by atoms with E-state index in [0.29, 0.717) is 5.02 Å². The van der Waals surface area contributed by atoms with Gasteiger partial charge >= 0.3 is 0 Å². The number of aromatic nitrogens is 2. The maximum absolute atomic E-state index is 5.91. The second kappa shape index (κ2) is 3.21. The third kappa shape index (κ3) is 1.33. The van der Waals surface area contributed by atoms with Gasteiger partial charge in [0, 0.05) is 11.6 Å². The largest absolute Gasteiger partial charge is 0.252 e. The van der Waals surface area contributed by atoms with E-state index in [1.807, 2.05) is 0 Å². The van der Waals surface area contributed by atoms with Crippen LogP contribution in [0.25, 0.3) is 10.7 Å². The summed E-state index contributed by atoms with van der Waals surface area (Å²) in [6.07, 6.45) is 4.42. The lowest BCUT2D eigenvalue weighted by molar-refractivity contribution is 1.29. The standard InChI is InChI=1S/C8H4ClN2S/c9-6-2-1-3-10-7(6)8-11-4-5-12-8/h1-3,5H. The van der Waals surface area contributed by atoms with Crippen LogP contribution in [0, 0.1) is 6.20 Å². The molecule has 0 saturated heterocycles. The molecule has 0 amide bonds. The summed E-state index contributed by atoms with van der Waals surface area (Å²) in [6.45, 7) is 0. The van der Waals surface area contributed by atoms with Gasteiger partial charge < -0.3 is 0 Å². The van der Waals surface area contributed by atoms with Crippen molar-refractivity contribution in [2.24, 2.45) is 0 Å². The third-order valence-corrected chi connectivity index (χ3v) is 2.39. The van der Waals surface area contributed by atoms with E-state index < -0.39 is 0 Å². The molecule has 0 aliphatic rings. The minimum absolute atomic E-state index is 0.626. The minimum atomic E-state index is 0.626. The summed E-state index contributed by atoms with van der Waals surface area (Å²) in [6, 6.07) is 3.59. The lowest BCUT2D eigenvalue weighted by Crippen LogP contribution is -1.81. The Hall–Kier alpha value is -0.930. The van der Waals surface area contributed by atoms with Crippen LogP contribution in [-0.4, -0.2) is 9.97 Å². The predicted octanol–water partition coefficient (Wildman–Crippen LogP) is 2.66. The summed E-state index contributed by atoms with van der Waals surface area (Å²) >= 11 is 7.38. The average Bonchev–Trinajstić information content (AvgIpc) is 2.57. The van der Waals surface area contributed by atoms with Crippen molar-refractivity contribution < 1.29 is 0 Å². The van der Waals surface area contributed by atoms with Crippen LogP contribution in [0.15, 0.2) is 23.7 Å². The molecule has 4 heteroatoms. The van der Waals surface area contributed by atoms with Crippen LogP contribution >= 0.6 is 22.9 Å². The molecular weight excluding hydrogens is 192 g/mol. The summed E-state index contributed by atoms with van der Waals surface area (Å²) in [5.41, 5.74) is 0.727. The highest BCUT2D eigenvalue weighted by Crippen LogP contribution is 2.25. The van der Waals surface area contributed by atoms with Gasteiger partial charge in [0.1, 0.15) is 16.9 Å². The second-order valence-corrected chi connectivity index (χ2v) is 3.38. The molecule has 2 rings (SSSR count). The molecule has 0 N–H and O–H groups in total. The summed E-state index contributed by atoms with van der Waals surface area (Å²) in [5.74, 6) is 0. The molecule has 1 radical (unpaired) electrons. The monoisotopic (exact) mass is 195 g/mol. The quantitative estimate of drug-likeness (QED) is 0.699. The normalized spacial score (nSPS) is 10.1. The van der Waals surface area contributed by atoms with Crippen LogP contribution in [0.3, 0.4) is 0 Å². The van der Waals surface area contributed by atoms with Gasteiger partial charge in [0.15, 0.2) is 0 Å². The van der Waals surface area contributed by atoms with Crippen molar-refractivity contribution in [1.29, 1.82) is 0 Å². The van der Waals surface area contributed by atoms with E-state index in [1.165, 1.54) is 11.3 Å². The Bertz CT molecular complexity index is 372. The molecule has 0 unspecified atom stereocenters. The molecule has 2 aromatic rings. The van der Waals surface area contributed by atoms with E-state index in [-0.39, 0.29) is 0 Å². The summed E-state index contributed by atoms with van der Waals surface area (Å²) in [4.78, 5) is 8.11. The molecule has 0 bridgehead atoms. The first-order chi connectivity index (χ1) is 5.88. The SMILES string of the molecule is Clc1cccnc1-c1n[c]cs1. The highest BCUT2D eigenvalue weighted by atomic mass is 35.5. The van der Waals surface area contributed by atoms with E-state index in [0.717, 1.165) is 10.7 Å². The molecule has 0 aliphatic heterocycles. The Morgan fingerprint density at radius 3 is 3.08 bits per heavy atom. The molecule has 2 aromatic heterocycles. The van der Waals surface area contributed by atoms with E-state index in [1.54, 1.807) is 23.7 Å². The van der Waals surface area contributed by atoms with Gasteiger partial charge in [-0.25, -0.2) is 4.98 Å². The van der Waals surface area contributed by atoms with Gasteiger partial charge in [-0.3, -0.25) is 4.98 Å². The van der Waals surface area contributed by atoms with Gasteiger partial charge in [-0.05, 0) is 12.1 Å². The van der Waals surface area contributed by atoms with Crippen molar-refractivity contribution in [2.75, 3.05) is 0 Å². The van der Waals surface area contributed by atoms with Gasteiger partial charge in [-0.1, -0.05) is 11.6 Å². The van der Waals surface area contributed by atoms with Crippen LogP contribution in [0.1, 0.15) is 0 Å². The first-order valence-corrected chi connectivity index (χ1v) is 4.56. The summed E-state index contributed by atoms with van der Waals surface area (Å²) in [5, 5.41) is 3.21. The fraction of sp³-hybridized carbons (Fsp3) is 0. The zero-order chi connectivity index (χ0) is 8.39. The van der Waals surface area contributed by atoms with Crippen molar-refractivity contribution in [1.82, 2.24) is 9.97 Å². The van der Waals surface area contributed by atoms with E-state index in [4.69, 9.17) is 11.6 Å². The van der Waals surface area contributed by atoms with Crippen molar-refractivity contribution in [3.8, 4) is 10.7 Å². The van der Waals surface area contributed by atoms with Gasteiger partial charge in [0.2, 0.25) is 0 Å². The van der Waals surface area contributed by atoms with Crippen LogP contribution in [0.5, 0.6) is 0 Å². The Morgan fingerprint density at radius 2 is 2.42 bits per heavy atom. The highest BCUT2D eigenvalue weighted by Gasteiger charge is 2.05. The summed E-state index contributed by atoms with van der Waals surface area (Å²) in [7, 11) is 0. The second-order valence-electron chi connectivity index (χ2n) is 2.12. The van der Waals surface area contributed by atoms with Crippen molar-refractivity contribution in [3.63, 3.8) is 0 Å². The summed E-state index contributed by atoms with van der Waals surface area (Å²) < 4.78 is 0. The maximum atomic E-state index is 5.91. The molecule has 2 nitrogen and oxygen atoms in total. The van der Waals surface area contributed by atoms with Gasteiger partial charge in [0.25, 0.3) is 0 Å². The third-order valence-electron chi connectivity index (χ3n) is 1.35. The number of rotatable bonds is 1. The van der Waals surface area contributed by atoms with E-state index in [9.17, 15) is 0 Å². The number of hydrogen-bond donors (Lipinski definition) is 0. The molecule has 0 saturated carbocycles. The molecule has 0 aliphatic carbocycles. The van der Waals surface area contributed by atoms with Crippen LogP contribution in [0.4, 0.5) is 0 Å². The fourth-order valence-corrected chi connectivity index (χ4v) is 1.71. The molecule has 0 spiro atoms. The van der Waals surface area contributed by atoms with Crippen LogP contribution < -0.4 is 0 Å². The Labute approximate surface area is 78.9 Å². The molecule has 12 heavy (non-hydrogen) atoms.